The first-order valence-corrected chi connectivity index (χ1v) is 6.73. The summed E-state index contributed by atoms with van der Waals surface area (Å²) in [6.07, 6.45) is 0. The van der Waals surface area contributed by atoms with Crippen molar-refractivity contribution in [2.75, 3.05) is 45.7 Å². The quantitative estimate of drug-likeness (QED) is 0.747. The molecule has 1 fully saturated rings. The van der Waals surface area contributed by atoms with Crippen LogP contribution in [0.1, 0.15) is 0 Å². The molecule has 2 rings (SSSR count). The Bertz CT molecular complexity index is 453. The normalized spacial score (nSPS) is 19.6. The lowest BCUT2D eigenvalue weighted by molar-refractivity contribution is -0.132. The second-order valence-corrected chi connectivity index (χ2v) is 4.63. The number of carbonyl (C=O) groups excluding carboxylic acids is 1. The van der Waals surface area contributed by atoms with E-state index in [2.05, 4.69) is 10.2 Å². The van der Waals surface area contributed by atoms with Crippen molar-refractivity contribution in [3.8, 4) is 5.75 Å². The maximum Gasteiger partial charge on any atom is 0.239 e. The number of hydrogen-bond acceptors (Lipinski definition) is 5. The summed E-state index contributed by atoms with van der Waals surface area (Å²) in [6, 6.07) is 7.15. The molecular weight excluding hydrogens is 258 g/mol. The number of carbonyl (C=O) groups is 1. The Balaban J connectivity index is 1.85. The van der Waals surface area contributed by atoms with Gasteiger partial charge in [0.1, 0.15) is 18.4 Å². The van der Waals surface area contributed by atoms with Crippen LogP contribution in [-0.2, 0) is 9.53 Å². The zero-order valence-electron chi connectivity index (χ0n) is 11.7. The number of rotatable bonds is 5. The summed E-state index contributed by atoms with van der Waals surface area (Å²) in [6.45, 7) is 2.94. The Morgan fingerprint density at radius 3 is 3.10 bits per heavy atom. The number of benzene rings is 1. The van der Waals surface area contributed by atoms with Crippen LogP contribution in [0.5, 0.6) is 5.75 Å². The molecular formula is C14H21N3O3. The zero-order valence-corrected chi connectivity index (χ0v) is 11.7. The average Bonchev–Trinajstić information content (AvgIpc) is 2.49. The van der Waals surface area contributed by atoms with E-state index < -0.39 is 0 Å². The standard InChI is InChI=1S/C14H21N3O3/c1-16-14(18)12-10-19-8-6-17(12)7-9-20-13-5-3-2-4-11(13)15/h2-5,12H,6-10,15H2,1H3,(H,16,18). The highest BCUT2D eigenvalue weighted by Gasteiger charge is 2.28. The molecule has 0 aliphatic carbocycles. The van der Waals surface area contributed by atoms with Crippen molar-refractivity contribution in [3.05, 3.63) is 24.3 Å². The minimum absolute atomic E-state index is 0.0241. The van der Waals surface area contributed by atoms with Crippen LogP contribution >= 0.6 is 0 Å². The lowest BCUT2D eigenvalue weighted by atomic mass is 10.2. The van der Waals surface area contributed by atoms with Gasteiger partial charge < -0.3 is 20.5 Å². The molecule has 1 aromatic rings. The van der Waals surface area contributed by atoms with E-state index in [0.29, 0.717) is 37.8 Å². The second-order valence-electron chi connectivity index (χ2n) is 4.63. The molecule has 1 saturated heterocycles. The fraction of sp³-hybridized carbons (Fsp3) is 0.500. The van der Waals surface area contributed by atoms with Crippen molar-refractivity contribution >= 4 is 11.6 Å². The summed E-state index contributed by atoms with van der Waals surface area (Å²) in [4.78, 5) is 13.8. The molecule has 3 N–H and O–H groups in total. The van der Waals surface area contributed by atoms with Crippen LogP contribution in [0.25, 0.3) is 0 Å². The van der Waals surface area contributed by atoms with Gasteiger partial charge in [0.05, 0.1) is 18.9 Å². The van der Waals surface area contributed by atoms with Crippen LogP contribution in [0.3, 0.4) is 0 Å². The lowest BCUT2D eigenvalue weighted by Crippen LogP contribution is -2.54. The van der Waals surface area contributed by atoms with Crippen LogP contribution in [0.4, 0.5) is 5.69 Å². The number of para-hydroxylation sites is 2. The van der Waals surface area contributed by atoms with Crippen molar-refractivity contribution in [3.63, 3.8) is 0 Å². The van der Waals surface area contributed by atoms with E-state index in [1.54, 1.807) is 13.1 Å². The molecule has 20 heavy (non-hydrogen) atoms. The molecule has 6 nitrogen and oxygen atoms in total. The number of anilines is 1. The van der Waals surface area contributed by atoms with Gasteiger partial charge in [-0.3, -0.25) is 9.69 Å². The molecule has 1 aliphatic rings. The van der Waals surface area contributed by atoms with Crippen molar-refractivity contribution in [1.29, 1.82) is 0 Å². The number of amides is 1. The Kier molecular flexibility index (Phi) is 5.20. The molecule has 1 heterocycles. The Labute approximate surface area is 118 Å². The van der Waals surface area contributed by atoms with Crippen LogP contribution in [0.2, 0.25) is 0 Å². The first-order chi connectivity index (χ1) is 9.72. The average molecular weight is 279 g/mol. The monoisotopic (exact) mass is 279 g/mol. The highest BCUT2D eigenvalue weighted by Crippen LogP contribution is 2.19. The summed E-state index contributed by atoms with van der Waals surface area (Å²) in [5.74, 6) is 0.654. The van der Waals surface area contributed by atoms with Gasteiger partial charge in [0.25, 0.3) is 0 Å². The number of nitrogens with two attached hydrogens (primary N) is 1. The van der Waals surface area contributed by atoms with E-state index in [-0.39, 0.29) is 11.9 Å². The summed E-state index contributed by atoms with van der Waals surface area (Å²) in [7, 11) is 1.64. The number of ether oxygens (including phenoxy) is 2. The number of nitrogens with zero attached hydrogens (tertiary/aromatic N) is 1. The number of nitrogen functional groups attached to an aromatic ring is 1. The molecule has 0 saturated carbocycles. The largest absolute Gasteiger partial charge is 0.490 e. The van der Waals surface area contributed by atoms with Gasteiger partial charge in [0, 0.05) is 20.1 Å². The molecule has 0 bridgehead atoms. The SMILES string of the molecule is CNC(=O)C1COCCN1CCOc1ccccc1N. The maximum absolute atomic E-state index is 11.8. The van der Waals surface area contributed by atoms with E-state index in [0.717, 1.165) is 6.54 Å². The van der Waals surface area contributed by atoms with Crippen molar-refractivity contribution in [1.82, 2.24) is 10.2 Å². The number of hydrogen-bond donors (Lipinski definition) is 2. The summed E-state index contributed by atoms with van der Waals surface area (Å²) in [5, 5.41) is 2.66. The molecule has 1 atom stereocenters. The Morgan fingerprint density at radius 1 is 1.55 bits per heavy atom. The van der Waals surface area contributed by atoms with Gasteiger partial charge in [-0.25, -0.2) is 0 Å². The fourth-order valence-electron chi connectivity index (χ4n) is 2.20. The van der Waals surface area contributed by atoms with Crippen LogP contribution < -0.4 is 15.8 Å². The Morgan fingerprint density at radius 2 is 2.35 bits per heavy atom. The first kappa shape index (κ1) is 14.6. The fourth-order valence-corrected chi connectivity index (χ4v) is 2.20. The molecule has 1 aliphatic heterocycles. The third-order valence-corrected chi connectivity index (χ3v) is 3.34. The van der Waals surface area contributed by atoms with E-state index in [1.807, 2.05) is 18.2 Å². The number of likely N-dealkylation sites (N-methyl/N-ethyl adjacent to an activating group) is 1. The second kappa shape index (κ2) is 7.12. The summed E-state index contributed by atoms with van der Waals surface area (Å²) >= 11 is 0. The van der Waals surface area contributed by atoms with E-state index >= 15 is 0 Å². The molecule has 0 radical (unpaired) electrons. The molecule has 1 aromatic carbocycles. The van der Waals surface area contributed by atoms with Gasteiger partial charge in [-0.05, 0) is 12.1 Å². The molecule has 1 amide bonds. The minimum atomic E-state index is -0.245. The van der Waals surface area contributed by atoms with Crippen molar-refractivity contribution in [2.45, 2.75) is 6.04 Å². The van der Waals surface area contributed by atoms with Crippen LogP contribution in [0.15, 0.2) is 24.3 Å². The first-order valence-electron chi connectivity index (χ1n) is 6.73. The van der Waals surface area contributed by atoms with Crippen LogP contribution in [0, 0.1) is 0 Å². The van der Waals surface area contributed by atoms with Crippen LogP contribution in [-0.4, -0.2) is 56.8 Å². The smallest absolute Gasteiger partial charge is 0.239 e. The van der Waals surface area contributed by atoms with E-state index in [1.165, 1.54) is 0 Å². The topological polar surface area (TPSA) is 76.8 Å². The molecule has 6 heteroatoms. The van der Waals surface area contributed by atoms with E-state index in [9.17, 15) is 4.79 Å². The predicted octanol–water partition coefficient (Wildman–Crippen LogP) is 0.0944. The third kappa shape index (κ3) is 3.61. The van der Waals surface area contributed by atoms with E-state index in [4.69, 9.17) is 15.2 Å². The highest BCUT2D eigenvalue weighted by atomic mass is 16.5. The van der Waals surface area contributed by atoms with Gasteiger partial charge in [-0.1, -0.05) is 12.1 Å². The minimum Gasteiger partial charge on any atom is -0.490 e. The van der Waals surface area contributed by atoms with Gasteiger partial charge in [0.2, 0.25) is 5.91 Å². The van der Waals surface area contributed by atoms with Crippen molar-refractivity contribution in [2.24, 2.45) is 0 Å². The molecule has 110 valence electrons. The number of nitrogens with one attached hydrogen (secondary N) is 1. The van der Waals surface area contributed by atoms with Crippen molar-refractivity contribution < 1.29 is 14.3 Å². The van der Waals surface area contributed by atoms with Gasteiger partial charge in [-0.2, -0.15) is 0 Å². The highest BCUT2D eigenvalue weighted by molar-refractivity contribution is 5.81. The molecule has 0 spiro atoms. The zero-order chi connectivity index (χ0) is 14.4. The molecule has 1 unspecified atom stereocenters. The lowest BCUT2D eigenvalue weighted by Gasteiger charge is -2.34. The van der Waals surface area contributed by atoms with Gasteiger partial charge in [-0.15, -0.1) is 0 Å². The third-order valence-electron chi connectivity index (χ3n) is 3.34. The summed E-state index contributed by atoms with van der Waals surface area (Å²) in [5.41, 5.74) is 6.44. The Hall–Kier alpha value is -1.79. The maximum atomic E-state index is 11.8. The van der Waals surface area contributed by atoms with Gasteiger partial charge >= 0.3 is 0 Å². The molecule has 0 aromatic heterocycles. The number of morpholine rings is 1. The predicted molar refractivity (Wildman–Crippen MR) is 76.6 cm³/mol. The summed E-state index contributed by atoms with van der Waals surface area (Å²) < 4.78 is 11.0. The van der Waals surface area contributed by atoms with Gasteiger partial charge in [0.15, 0.2) is 0 Å².